The van der Waals surface area contributed by atoms with Gasteiger partial charge in [0.05, 0.1) is 16.7 Å². The van der Waals surface area contributed by atoms with Crippen molar-refractivity contribution in [1.82, 2.24) is 19.6 Å². The molecular weight excluding hydrogens is 322 g/mol. The Bertz CT molecular complexity index is 1000. The van der Waals surface area contributed by atoms with Gasteiger partial charge in [-0.05, 0) is 42.7 Å². The summed E-state index contributed by atoms with van der Waals surface area (Å²) in [5, 5.41) is 6.74. The Balaban J connectivity index is 1.64. The second-order valence-corrected chi connectivity index (χ2v) is 6.08. The van der Waals surface area contributed by atoms with Gasteiger partial charge in [-0.15, -0.1) is 5.10 Å². The van der Waals surface area contributed by atoms with Crippen molar-refractivity contribution in [2.24, 2.45) is 0 Å². The summed E-state index contributed by atoms with van der Waals surface area (Å²) in [5.74, 6) is 0.562. The molecule has 0 saturated carbocycles. The van der Waals surface area contributed by atoms with Crippen LogP contribution in [0.5, 0.6) is 0 Å². The average molecular weight is 335 g/mol. The van der Waals surface area contributed by atoms with Gasteiger partial charge in [0.15, 0.2) is 0 Å². The van der Waals surface area contributed by atoms with Gasteiger partial charge in [0, 0.05) is 11.3 Å². The number of hydrogen-bond acceptors (Lipinski definition) is 5. The van der Waals surface area contributed by atoms with E-state index in [1.165, 1.54) is 0 Å². The van der Waals surface area contributed by atoms with Gasteiger partial charge < -0.3 is 10.3 Å². The molecule has 0 bridgehead atoms. The molecule has 4 aromatic rings. The lowest BCUT2D eigenvalue weighted by Gasteiger charge is -2.05. The number of imidazole rings is 1. The molecule has 1 amide bonds. The summed E-state index contributed by atoms with van der Waals surface area (Å²) in [6, 6.07) is 15.4. The molecule has 4 rings (SSSR count). The van der Waals surface area contributed by atoms with Crippen LogP contribution < -0.4 is 5.32 Å². The second kappa shape index (κ2) is 5.86. The van der Waals surface area contributed by atoms with E-state index >= 15 is 0 Å². The predicted molar refractivity (Wildman–Crippen MR) is 94.1 cm³/mol. The summed E-state index contributed by atoms with van der Waals surface area (Å²) in [4.78, 5) is 20.7. The zero-order valence-corrected chi connectivity index (χ0v) is 13.6. The first-order valence-corrected chi connectivity index (χ1v) is 8.13. The van der Waals surface area contributed by atoms with Gasteiger partial charge in [0.2, 0.25) is 0 Å². The third-order valence-electron chi connectivity index (χ3n) is 3.64. The van der Waals surface area contributed by atoms with E-state index in [0.29, 0.717) is 16.3 Å². The van der Waals surface area contributed by atoms with Crippen molar-refractivity contribution >= 4 is 34.2 Å². The Morgan fingerprint density at radius 3 is 2.83 bits per heavy atom. The van der Waals surface area contributed by atoms with Gasteiger partial charge in [0.1, 0.15) is 10.7 Å². The second-order valence-electron chi connectivity index (χ2n) is 5.32. The Morgan fingerprint density at radius 1 is 1.17 bits per heavy atom. The number of amides is 1. The first-order chi connectivity index (χ1) is 11.7. The number of anilines is 1. The molecule has 0 aliphatic heterocycles. The summed E-state index contributed by atoms with van der Waals surface area (Å²) in [6.07, 6.45) is 0. The van der Waals surface area contributed by atoms with Gasteiger partial charge >= 0.3 is 0 Å². The highest BCUT2D eigenvalue weighted by molar-refractivity contribution is 7.08. The highest BCUT2D eigenvalue weighted by Crippen LogP contribution is 2.23. The third kappa shape index (κ3) is 2.65. The van der Waals surface area contributed by atoms with Crippen molar-refractivity contribution in [2.75, 3.05) is 5.32 Å². The van der Waals surface area contributed by atoms with Crippen LogP contribution in [-0.2, 0) is 0 Å². The van der Waals surface area contributed by atoms with Crippen molar-refractivity contribution in [1.29, 1.82) is 0 Å². The van der Waals surface area contributed by atoms with Crippen LogP contribution in [0.15, 0.2) is 48.5 Å². The Morgan fingerprint density at radius 2 is 2.04 bits per heavy atom. The van der Waals surface area contributed by atoms with Crippen molar-refractivity contribution in [3.8, 4) is 11.4 Å². The first kappa shape index (κ1) is 14.5. The summed E-state index contributed by atoms with van der Waals surface area (Å²) in [7, 11) is 0. The maximum Gasteiger partial charge on any atom is 0.269 e. The minimum absolute atomic E-state index is 0.204. The number of aromatic nitrogens is 4. The van der Waals surface area contributed by atoms with E-state index in [1.54, 1.807) is 6.92 Å². The monoisotopic (exact) mass is 335 g/mol. The molecule has 0 aliphatic rings. The molecular formula is C17H13N5OS. The van der Waals surface area contributed by atoms with Crippen LogP contribution in [0.2, 0.25) is 0 Å². The SMILES string of the molecule is Cc1nnsc1C(=O)Nc1cccc(-c2nc3ccccc3[nH]2)c1. The van der Waals surface area contributed by atoms with E-state index < -0.39 is 0 Å². The fourth-order valence-corrected chi connectivity index (χ4v) is 3.01. The smallest absolute Gasteiger partial charge is 0.269 e. The Hall–Kier alpha value is -3.06. The van der Waals surface area contributed by atoms with E-state index in [0.717, 1.165) is 34.0 Å². The number of H-pyrrole nitrogens is 1. The summed E-state index contributed by atoms with van der Waals surface area (Å²) < 4.78 is 3.79. The molecule has 0 aliphatic carbocycles. The highest BCUT2D eigenvalue weighted by Gasteiger charge is 2.14. The van der Waals surface area contributed by atoms with Crippen LogP contribution >= 0.6 is 11.5 Å². The molecule has 0 spiro atoms. The number of fused-ring (bicyclic) bond motifs is 1. The number of hydrogen-bond donors (Lipinski definition) is 2. The van der Waals surface area contributed by atoms with Crippen LogP contribution in [0.1, 0.15) is 15.4 Å². The molecule has 2 aromatic carbocycles. The summed E-state index contributed by atoms with van der Waals surface area (Å²) in [6.45, 7) is 1.77. The van der Waals surface area contributed by atoms with E-state index in [2.05, 4.69) is 24.9 Å². The van der Waals surface area contributed by atoms with Crippen molar-refractivity contribution in [3.63, 3.8) is 0 Å². The maximum atomic E-state index is 12.3. The van der Waals surface area contributed by atoms with Crippen molar-refractivity contribution in [2.45, 2.75) is 6.92 Å². The minimum Gasteiger partial charge on any atom is -0.338 e. The number of carbonyl (C=O) groups is 1. The number of carbonyl (C=O) groups excluding carboxylic acids is 1. The molecule has 7 heteroatoms. The van der Waals surface area contributed by atoms with Gasteiger partial charge in [-0.2, -0.15) is 0 Å². The third-order valence-corrected chi connectivity index (χ3v) is 4.47. The van der Waals surface area contributed by atoms with Crippen LogP contribution in [0.3, 0.4) is 0 Å². The largest absolute Gasteiger partial charge is 0.338 e. The number of para-hydroxylation sites is 2. The highest BCUT2D eigenvalue weighted by atomic mass is 32.1. The molecule has 0 saturated heterocycles. The number of aryl methyl sites for hydroxylation is 1. The predicted octanol–water partition coefficient (Wildman–Crippen LogP) is 3.64. The normalized spacial score (nSPS) is 10.9. The number of rotatable bonds is 3. The zero-order chi connectivity index (χ0) is 16.5. The number of nitrogens with zero attached hydrogens (tertiary/aromatic N) is 3. The quantitative estimate of drug-likeness (QED) is 0.599. The lowest BCUT2D eigenvalue weighted by Crippen LogP contribution is -2.11. The van der Waals surface area contributed by atoms with E-state index in [1.807, 2.05) is 48.5 Å². The molecule has 2 N–H and O–H groups in total. The molecule has 2 aromatic heterocycles. The first-order valence-electron chi connectivity index (χ1n) is 7.36. The standard InChI is InChI=1S/C17H13N5OS/c1-10-15(24-22-21-10)17(23)18-12-6-4-5-11(9-12)16-19-13-7-2-3-8-14(13)20-16/h2-9H,1H3,(H,18,23)(H,19,20). The minimum atomic E-state index is -0.204. The Kier molecular flexibility index (Phi) is 3.55. The molecule has 2 heterocycles. The fourth-order valence-electron chi connectivity index (χ4n) is 2.46. The van der Waals surface area contributed by atoms with Crippen LogP contribution in [0.4, 0.5) is 5.69 Å². The average Bonchev–Trinajstić information content (AvgIpc) is 3.21. The number of benzene rings is 2. The van der Waals surface area contributed by atoms with Crippen LogP contribution in [0.25, 0.3) is 22.4 Å². The Labute approximate surface area is 141 Å². The summed E-state index contributed by atoms with van der Waals surface area (Å²) >= 11 is 1.09. The maximum absolute atomic E-state index is 12.3. The number of nitrogens with one attached hydrogen (secondary N) is 2. The molecule has 0 radical (unpaired) electrons. The zero-order valence-electron chi connectivity index (χ0n) is 12.8. The topological polar surface area (TPSA) is 83.6 Å². The van der Waals surface area contributed by atoms with E-state index in [4.69, 9.17) is 0 Å². The molecule has 0 unspecified atom stereocenters. The molecule has 24 heavy (non-hydrogen) atoms. The molecule has 6 nitrogen and oxygen atoms in total. The lowest BCUT2D eigenvalue weighted by molar-refractivity contribution is 0.103. The van der Waals surface area contributed by atoms with Gasteiger partial charge in [0.25, 0.3) is 5.91 Å². The molecule has 118 valence electrons. The lowest BCUT2D eigenvalue weighted by atomic mass is 10.2. The van der Waals surface area contributed by atoms with Crippen LogP contribution in [-0.4, -0.2) is 25.5 Å². The van der Waals surface area contributed by atoms with Crippen LogP contribution in [0, 0.1) is 6.92 Å². The fraction of sp³-hybridized carbons (Fsp3) is 0.0588. The molecule has 0 fully saturated rings. The van der Waals surface area contributed by atoms with E-state index in [9.17, 15) is 4.79 Å². The van der Waals surface area contributed by atoms with Gasteiger partial charge in [-0.25, -0.2) is 4.98 Å². The molecule has 0 atom stereocenters. The van der Waals surface area contributed by atoms with Crippen molar-refractivity contribution in [3.05, 3.63) is 59.1 Å². The van der Waals surface area contributed by atoms with Gasteiger partial charge in [-0.1, -0.05) is 28.8 Å². The van der Waals surface area contributed by atoms with Crippen molar-refractivity contribution < 1.29 is 4.79 Å². The summed E-state index contributed by atoms with van der Waals surface area (Å²) in [5.41, 5.74) is 4.13. The van der Waals surface area contributed by atoms with Gasteiger partial charge in [-0.3, -0.25) is 4.79 Å². The number of aromatic amines is 1. The van der Waals surface area contributed by atoms with E-state index in [-0.39, 0.29) is 5.91 Å².